The van der Waals surface area contributed by atoms with E-state index < -0.39 is 6.10 Å². The molecule has 3 aromatic carbocycles. The molecule has 0 spiro atoms. The van der Waals surface area contributed by atoms with Gasteiger partial charge in [-0.2, -0.15) is 0 Å². The fraction of sp³-hybridized carbons (Fsp3) is 0.136. The van der Waals surface area contributed by atoms with Crippen molar-refractivity contribution in [2.45, 2.75) is 11.0 Å². The molecule has 0 radical (unpaired) electrons. The maximum atomic E-state index is 12.4. The third-order valence-electron chi connectivity index (χ3n) is 3.85. The van der Waals surface area contributed by atoms with Crippen LogP contribution in [0, 0.1) is 0 Å². The Balaban J connectivity index is 1.49. The second-order valence-electron chi connectivity index (χ2n) is 5.99. The fourth-order valence-electron chi connectivity index (χ4n) is 2.46. The lowest BCUT2D eigenvalue weighted by Crippen LogP contribution is -2.20. The summed E-state index contributed by atoms with van der Waals surface area (Å²) in [4.78, 5) is 13.3. The van der Waals surface area contributed by atoms with Crippen LogP contribution in [0.25, 0.3) is 0 Å². The van der Waals surface area contributed by atoms with Crippen molar-refractivity contribution < 1.29 is 19.7 Å². The average Bonchev–Trinajstić information content (AvgIpc) is 2.71. The molecule has 0 aliphatic heterocycles. The van der Waals surface area contributed by atoms with Crippen molar-refractivity contribution in [3.63, 3.8) is 0 Å². The number of aliphatic hydroxyl groups is 1. The summed E-state index contributed by atoms with van der Waals surface area (Å²) in [5.74, 6) is 1.22. The minimum absolute atomic E-state index is 0.0373. The van der Waals surface area contributed by atoms with Crippen LogP contribution in [0.15, 0.2) is 83.8 Å². The van der Waals surface area contributed by atoms with E-state index in [2.05, 4.69) is 0 Å². The van der Waals surface area contributed by atoms with Crippen LogP contribution < -0.4 is 4.74 Å². The molecular formula is C22H20O4S. The molecule has 3 aromatic rings. The van der Waals surface area contributed by atoms with Crippen molar-refractivity contribution in [2.75, 3.05) is 12.4 Å². The SMILES string of the molecule is O=C(c1ccccc1)c1ccc(OCC(O)CSc2cccc(O)c2)cc1. The highest BCUT2D eigenvalue weighted by Crippen LogP contribution is 2.23. The maximum Gasteiger partial charge on any atom is 0.193 e. The number of thioether (sulfide) groups is 1. The van der Waals surface area contributed by atoms with Gasteiger partial charge in [-0.1, -0.05) is 36.4 Å². The number of rotatable bonds is 8. The second-order valence-corrected chi connectivity index (χ2v) is 7.09. The number of ether oxygens (including phenoxy) is 1. The predicted molar refractivity (Wildman–Crippen MR) is 107 cm³/mol. The number of benzene rings is 3. The molecule has 1 unspecified atom stereocenters. The summed E-state index contributed by atoms with van der Waals surface area (Å²) >= 11 is 1.45. The van der Waals surface area contributed by atoms with Crippen LogP contribution in [-0.2, 0) is 0 Å². The Morgan fingerprint density at radius 2 is 1.63 bits per heavy atom. The van der Waals surface area contributed by atoms with Crippen LogP contribution in [0.3, 0.4) is 0 Å². The van der Waals surface area contributed by atoms with E-state index in [4.69, 9.17) is 4.74 Å². The lowest BCUT2D eigenvalue weighted by molar-refractivity contribution is 0.103. The number of ketones is 1. The van der Waals surface area contributed by atoms with Gasteiger partial charge in [0.1, 0.15) is 18.1 Å². The number of hydrogen-bond donors (Lipinski definition) is 2. The van der Waals surface area contributed by atoms with Gasteiger partial charge in [0, 0.05) is 21.8 Å². The second kappa shape index (κ2) is 9.26. The summed E-state index contributed by atoms with van der Waals surface area (Å²) in [6, 6.07) is 22.9. The minimum atomic E-state index is -0.650. The van der Waals surface area contributed by atoms with Gasteiger partial charge < -0.3 is 14.9 Å². The molecule has 138 valence electrons. The third-order valence-corrected chi connectivity index (χ3v) is 4.99. The van der Waals surface area contributed by atoms with E-state index in [9.17, 15) is 15.0 Å². The molecule has 4 nitrogen and oxygen atoms in total. The zero-order chi connectivity index (χ0) is 19.1. The Bertz CT molecular complexity index is 878. The first-order valence-electron chi connectivity index (χ1n) is 8.54. The molecule has 0 bridgehead atoms. The number of carbonyl (C=O) groups is 1. The summed E-state index contributed by atoms with van der Waals surface area (Å²) < 4.78 is 5.60. The minimum Gasteiger partial charge on any atom is -0.508 e. The van der Waals surface area contributed by atoms with Crippen LogP contribution in [0.1, 0.15) is 15.9 Å². The van der Waals surface area contributed by atoms with Crippen LogP contribution in [0.2, 0.25) is 0 Å². The molecule has 2 N–H and O–H groups in total. The summed E-state index contributed by atoms with van der Waals surface area (Å²) in [7, 11) is 0. The van der Waals surface area contributed by atoms with Crippen molar-refractivity contribution in [1.29, 1.82) is 0 Å². The van der Waals surface area contributed by atoms with Gasteiger partial charge in [0.2, 0.25) is 0 Å². The Hall–Kier alpha value is -2.76. The van der Waals surface area contributed by atoms with Gasteiger partial charge in [0.15, 0.2) is 5.78 Å². The van der Waals surface area contributed by atoms with Crippen LogP contribution in [0.4, 0.5) is 0 Å². The van der Waals surface area contributed by atoms with E-state index in [1.807, 2.05) is 24.3 Å². The highest BCUT2D eigenvalue weighted by Gasteiger charge is 2.10. The molecular weight excluding hydrogens is 360 g/mol. The number of hydrogen-bond acceptors (Lipinski definition) is 5. The molecule has 0 fully saturated rings. The molecule has 0 aliphatic carbocycles. The third kappa shape index (κ3) is 5.61. The number of phenols is 1. The molecule has 3 rings (SSSR count). The first-order chi connectivity index (χ1) is 13.1. The molecule has 5 heteroatoms. The van der Waals surface area contributed by atoms with Gasteiger partial charge >= 0.3 is 0 Å². The number of carbonyl (C=O) groups excluding carboxylic acids is 1. The van der Waals surface area contributed by atoms with Crippen molar-refractivity contribution in [1.82, 2.24) is 0 Å². The largest absolute Gasteiger partial charge is 0.508 e. The van der Waals surface area contributed by atoms with Gasteiger partial charge in [0.25, 0.3) is 0 Å². The smallest absolute Gasteiger partial charge is 0.193 e. The van der Waals surface area contributed by atoms with Gasteiger partial charge in [-0.3, -0.25) is 4.79 Å². The van der Waals surface area contributed by atoms with Crippen LogP contribution in [-0.4, -0.2) is 34.5 Å². The maximum absolute atomic E-state index is 12.4. The van der Waals surface area contributed by atoms with E-state index in [1.165, 1.54) is 11.8 Å². The quantitative estimate of drug-likeness (QED) is 0.454. The molecule has 27 heavy (non-hydrogen) atoms. The Morgan fingerprint density at radius 1 is 0.926 bits per heavy atom. The lowest BCUT2D eigenvalue weighted by Gasteiger charge is -2.12. The molecule has 0 heterocycles. The zero-order valence-electron chi connectivity index (χ0n) is 14.6. The zero-order valence-corrected chi connectivity index (χ0v) is 15.4. The predicted octanol–water partition coefficient (Wildman–Crippen LogP) is 4.16. The summed E-state index contributed by atoms with van der Waals surface area (Å²) in [6.07, 6.45) is -0.650. The van der Waals surface area contributed by atoms with Crippen molar-refractivity contribution in [3.8, 4) is 11.5 Å². The Labute approximate surface area is 162 Å². The van der Waals surface area contributed by atoms with Gasteiger partial charge in [0.05, 0.1) is 6.10 Å². The number of aliphatic hydroxyl groups excluding tert-OH is 1. The molecule has 0 amide bonds. The van der Waals surface area contributed by atoms with Gasteiger partial charge in [-0.15, -0.1) is 11.8 Å². The Morgan fingerprint density at radius 3 is 2.33 bits per heavy atom. The first kappa shape index (κ1) is 19.0. The summed E-state index contributed by atoms with van der Waals surface area (Å²) in [5, 5.41) is 19.5. The van der Waals surface area contributed by atoms with Crippen LogP contribution >= 0.6 is 11.8 Å². The average molecular weight is 380 g/mol. The van der Waals surface area contributed by atoms with Gasteiger partial charge in [-0.05, 0) is 42.5 Å². The van der Waals surface area contributed by atoms with Gasteiger partial charge in [-0.25, -0.2) is 0 Å². The van der Waals surface area contributed by atoms with E-state index in [0.717, 1.165) is 4.90 Å². The standard InChI is InChI=1S/C22H20O4S/c23-18-7-4-8-21(13-18)27-15-19(24)14-26-20-11-9-17(10-12-20)22(25)16-5-2-1-3-6-16/h1-13,19,23-24H,14-15H2. The first-order valence-corrected chi connectivity index (χ1v) is 9.53. The normalized spacial score (nSPS) is 11.7. The summed E-state index contributed by atoms with van der Waals surface area (Å²) in [5.41, 5.74) is 1.24. The summed E-state index contributed by atoms with van der Waals surface area (Å²) in [6.45, 7) is 0.151. The Kier molecular flexibility index (Phi) is 6.52. The van der Waals surface area contributed by atoms with E-state index in [0.29, 0.717) is 22.6 Å². The van der Waals surface area contributed by atoms with E-state index in [-0.39, 0.29) is 18.1 Å². The lowest BCUT2D eigenvalue weighted by atomic mass is 10.0. The van der Waals surface area contributed by atoms with Crippen molar-refractivity contribution in [3.05, 3.63) is 90.0 Å². The topological polar surface area (TPSA) is 66.8 Å². The highest BCUT2D eigenvalue weighted by atomic mass is 32.2. The number of phenolic OH excluding ortho intramolecular Hbond substituents is 1. The molecule has 0 saturated heterocycles. The van der Waals surface area contributed by atoms with Crippen LogP contribution in [0.5, 0.6) is 11.5 Å². The fourth-order valence-corrected chi connectivity index (χ4v) is 3.32. The van der Waals surface area contributed by atoms with E-state index in [1.54, 1.807) is 54.6 Å². The molecule has 1 atom stereocenters. The van der Waals surface area contributed by atoms with Crippen molar-refractivity contribution >= 4 is 17.5 Å². The monoisotopic (exact) mass is 380 g/mol. The van der Waals surface area contributed by atoms with Crippen molar-refractivity contribution in [2.24, 2.45) is 0 Å². The molecule has 0 aromatic heterocycles. The molecule has 0 aliphatic rings. The highest BCUT2D eigenvalue weighted by molar-refractivity contribution is 7.99. The van der Waals surface area contributed by atoms with E-state index >= 15 is 0 Å². The molecule has 0 saturated carbocycles. The number of aromatic hydroxyl groups is 1.